The summed E-state index contributed by atoms with van der Waals surface area (Å²) in [5.74, 6) is 0.631. The van der Waals surface area contributed by atoms with Crippen molar-refractivity contribution in [2.45, 2.75) is 5.16 Å². The van der Waals surface area contributed by atoms with Gasteiger partial charge in [-0.3, -0.25) is 4.79 Å². The van der Waals surface area contributed by atoms with E-state index in [-0.39, 0.29) is 11.7 Å². The highest BCUT2D eigenvalue weighted by Crippen LogP contribution is 2.25. The molecule has 2 heterocycles. The van der Waals surface area contributed by atoms with Crippen LogP contribution in [0.1, 0.15) is 5.56 Å². The van der Waals surface area contributed by atoms with Crippen molar-refractivity contribution in [2.24, 2.45) is 12.1 Å². The van der Waals surface area contributed by atoms with Gasteiger partial charge >= 0.3 is 0 Å². The zero-order valence-electron chi connectivity index (χ0n) is 19.8. The maximum Gasteiger partial charge on any atom is 0.250 e. The molecule has 37 heavy (non-hydrogen) atoms. The van der Waals surface area contributed by atoms with Gasteiger partial charge in [0.1, 0.15) is 5.69 Å². The van der Waals surface area contributed by atoms with Crippen molar-refractivity contribution < 1.29 is 4.79 Å². The fraction of sp³-hybridized carbons (Fsp3) is 0.0741. The van der Waals surface area contributed by atoms with Crippen molar-refractivity contribution in [1.82, 2.24) is 30.0 Å². The third-order valence-corrected chi connectivity index (χ3v) is 6.75. The summed E-state index contributed by atoms with van der Waals surface area (Å²) in [4.78, 5) is 12.5. The molecule has 0 aliphatic carbocycles. The number of aromatic nitrogens is 5. The van der Waals surface area contributed by atoms with E-state index >= 15 is 0 Å². The Hall–Kier alpha value is -4.21. The lowest BCUT2D eigenvalue weighted by Crippen LogP contribution is -2.19. The molecule has 3 aromatic carbocycles. The van der Waals surface area contributed by atoms with Gasteiger partial charge < -0.3 is 4.57 Å². The van der Waals surface area contributed by atoms with Crippen LogP contribution < -0.4 is 5.43 Å². The number of amides is 1. The minimum Gasteiger partial charge on any atom is -0.305 e. The van der Waals surface area contributed by atoms with Gasteiger partial charge in [0.25, 0.3) is 5.91 Å². The van der Waals surface area contributed by atoms with Gasteiger partial charge in [0, 0.05) is 35.0 Å². The SMILES string of the molecule is Cn1c(SCC(=O)NN=Cc2cn(-c3ccccc3)nc2-c2ccc(Cl)cc2)nnc1-c1ccccc1. The first kappa shape index (κ1) is 24.5. The van der Waals surface area contributed by atoms with Crippen molar-refractivity contribution >= 4 is 35.5 Å². The van der Waals surface area contributed by atoms with E-state index in [9.17, 15) is 4.79 Å². The lowest BCUT2D eigenvalue weighted by Gasteiger charge is -2.03. The number of carbonyl (C=O) groups is 1. The summed E-state index contributed by atoms with van der Waals surface area (Å²) in [7, 11) is 1.88. The molecule has 10 heteroatoms. The molecule has 0 saturated heterocycles. The average molecular weight is 528 g/mol. The zero-order valence-corrected chi connectivity index (χ0v) is 21.4. The minimum absolute atomic E-state index is 0.144. The first-order chi connectivity index (χ1) is 18.1. The van der Waals surface area contributed by atoms with Crippen LogP contribution in [-0.4, -0.2) is 42.4 Å². The Bertz CT molecular complexity index is 1530. The number of benzene rings is 3. The highest BCUT2D eigenvalue weighted by molar-refractivity contribution is 7.99. The lowest BCUT2D eigenvalue weighted by atomic mass is 10.1. The molecule has 1 N–H and O–H groups in total. The van der Waals surface area contributed by atoms with E-state index < -0.39 is 0 Å². The Morgan fingerprint density at radius 2 is 1.68 bits per heavy atom. The van der Waals surface area contributed by atoms with Gasteiger partial charge in [-0.05, 0) is 24.3 Å². The molecular formula is C27H22ClN7OS. The molecule has 0 spiro atoms. The molecule has 0 bridgehead atoms. The van der Waals surface area contributed by atoms with Gasteiger partial charge in [-0.2, -0.15) is 10.2 Å². The van der Waals surface area contributed by atoms with E-state index in [0.29, 0.717) is 10.2 Å². The van der Waals surface area contributed by atoms with Crippen molar-refractivity contribution in [3.8, 4) is 28.3 Å². The summed E-state index contributed by atoms with van der Waals surface area (Å²) in [5, 5.41) is 18.7. The molecule has 1 amide bonds. The number of nitrogens with zero attached hydrogens (tertiary/aromatic N) is 6. The molecule has 5 aromatic rings. The predicted molar refractivity (Wildman–Crippen MR) is 147 cm³/mol. The zero-order chi connectivity index (χ0) is 25.6. The number of hydrogen-bond acceptors (Lipinski definition) is 6. The molecule has 0 unspecified atom stereocenters. The number of hydrogen-bond donors (Lipinski definition) is 1. The van der Waals surface area contributed by atoms with Crippen molar-refractivity contribution in [1.29, 1.82) is 0 Å². The summed E-state index contributed by atoms with van der Waals surface area (Å²) in [6.45, 7) is 0. The first-order valence-electron chi connectivity index (χ1n) is 11.4. The second-order valence-corrected chi connectivity index (χ2v) is 9.41. The molecule has 0 fully saturated rings. The molecular weight excluding hydrogens is 506 g/mol. The molecule has 0 aliphatic rings. The van der Waals surface area contributed by atoms with Crippen molar-refractivity contribution in [3.05, 3.63) is 102 Å². The van der Waals surface area contributed by atoms with Crippen LogP contribution in [0, 0.1) is 0 Å². The number of hydrazone groups is 1. The van der Waals surface area contributed by atoms with Crippen molar-refractivity contribution in [2.75, 3.05) is 5.75 Å². The van der Waals surface area contributed by atoms with Crippen LogP contribution in [-0.2, 0) is 11.8 Å². The summed E-state index contributed by atoms with van der Waals surface area (Å²) in [6, 6.07) is 27.0. The fourth-order valence-electron chi connectivity index (χ4n) is 3.64. The van der Waals surface area contributed by atoms with E-state index in [1.807, 2.05) is 103 Å². The lowest BCUT2D eigenvalue weighted by molar-refractivity contribution is -0.118. The van der Waals surface area contributed by atoms with Crippen molar-refractivity contribution in [3.63, 3.8) is 0 Å². The average Bonchev–Trinajstić information content (AvgIpc) is 3.52. The molecule has 0 atom stereocenters. The number of rotatable bonds is 8. The third-order valence-electron chi connectivity index (χ3n) is 5.47. The summed E-state index contributed by atoms with van der Waals surface area (Å²) in [5.41, 5.74) is 6.83. The highest BCUT2D eigenvalue weighted by Gasteiger charge is 2.14. The van der Waals surface area contributed by atoms with Crippen LogP contribution >= 0.6 is 23.4 Å². The summed E-state index contributed by atoms with van der Waals surface area (Å²) < 4.78 is 3.65. The van der Waals surface area contributed by atoms with E-state index in [2.05, 4.69) is 20.7 Å². The smallest absolute Gasteiger partial charge is 0.250 e. The Kier molecular flexibility index (Phi) is 7.43. The van der Waals surface area contributed by atoms with Crippen LogP contribution in [0.5, 0.6) is 0 Å². The monoisotopic (exact) mass is 527 g/mol. The van der Waals surface area contributed by atoms with Gasteiger partial charge in [-0.1, -0.05) is 84.0 Å². The predicted octanol–water partition coefficient (Wildman–Crippen LogP) is 5.23. The van der Waals surface area contributed by atoms with Gasteiger partial charge in [0.05, 0.1) is 17.7 Å². The fourth-order valence-corrected chi connectivity index (χ4v) is 4.47. The molecule has 8 nitrogen and oxygen atoms in total. The van der Waals surface area contributed by atoms with Crippen LogP contribution in [0.15, 0.2) is 101 Å². The maximum absolute atomic E-state index is 12.5. The van der Waals surface area contributed by atoms with Gasteiger partial charge in [-0.25, -0.2) is 10.1 Å². The number of thioether (sulfide) groups is 1. The second-order valence-electron chi connectivity index (χ2n) is 8.03. The third kappa shape index (κ3) is 5.79. The quantitative estimate of drug-likeness (QED) is 0.169. The molecule has 184 valence electrons. The van der Waals surface area contributed by atoms with Crippen LogP contribution in [0.4, 0.5) is 0 Å². The van der Waals surface area contributed by atoms with Gasteiger partial charge in [0.15, 0.2) is 11.0 Å². The maximum atomic E-state index is 12.5. The van der Waals surface area contributed by atoms with E-state index in [1.165, 1.54) is 11.8 Å². The number of halogens is 1. The standard InChI is InChI=1S/C27H22ClN7OS/c1-34-26(20-8-4-2-5-9-20)31-32-27(34)37-18-24(36)30-29-16-21-17-35(23-10-6-3-7-11-23)33-25(21)19-12-14-22(28)15-13-19/h2-17H,18H2,1H3,(H,30,36). The van der Waals surface area contributed by atoms with E-state index in [0.717, 1.165) is 33.9 Å². The Labute approximate surface area is 223 Å². The van der Waals surface area contributed by atoms with Crippen LogP contribution in [0.3, 0.4) is 0 Å². The van der Waals surface area contributed by atoms with E-state index in [4.69, 9.17) is 16.7 Å². The topological polar surface area (TPSA) is 90.0 Å². The normalized spacial score (nSPS) is 11.2. The molecule has 0 radical (unpaired) electrons. The highest BCUT2D eigenvalue weighted by atomic mass is 35.5. The Morgan fingerprint density at radius 1 is 0.973 bits per heavy atom. The summed E-state index contributed by atoms with van der Waals surface area (Å²) >= 11 is 7.36. The first-order valence-corrected chi connectivity index (χ1v) is 12.8. The Balaban J connectivity index is 1.27. The van der Waals surface area contributed by atoms with Crippen LogP contribution in [0.25, 0.3) is 28.3 Å². The Morgan fingerprint density at radius 3 is 2.41 bits per heavy atom. The van der Waals surface area contributed by atoms with Crippen LogP contribution in [0.2, 0.25) is 5.02 Å². The number of para-hydroxylation sites is 1. The summed E-state index contributed by atoms with van der Waals surface area (Å²) in [6.07, 6.45) is 3.46. The molecule has 0 aliphatic heterocycles. The van der Waals surface area contributed by atoms with Gasteiger partial charge in [-0.15, -0.1) is 10.2 Å². The largest absolute Gasteiger partial charge is 0.305 e. The molecule has 2 aromatic heterocycles. The van der Waals surface area contributed by atoms with Gasteiger partial charge in [0.2, 0.25) is 0 Å². The molecule has 5 rings (SSSR count). The second kappa shape index (κ2) is 11.2. The minimum atomic E-state index is -0.256. The number of nitrogens with one attached hydrogen (secondary N) is 1. The van der Waals surface area contributed by atoms with E-state index in [1.54, 1.807) is 10.9 Å². The number of carbonyl (C=O) groups excluding carboxylic acids is 1. The molecule has 0 saturated carbocycles.